The molecule has 2 atom stereocenters. The third kappa shape index (κ3) is 34.2. The van der Waals surface area contributed by atoms with Gasteiger partial charge in [-0.2, -0.15) is 0 Å². The number of ether oxygens (including phenoxy) is 2. The largest absolute Gasteiger partial charge is 0.756 e. The molecule has 0 aromatic rings. The first-order valence-corrected chi connectivity index (χ1v) is 20.0. The Hall–Kier alpha value is -1.51. The summed E-state index contributed by atoms with van der Waals surface area (Å²) in [5.74, 6) is -1.09. The summed E-state index contributed by atoms with van der Waals surface area (Å²) in [6, 6.07) is 0. The minimum Gasteiger partial charge on any atom is -0.756 e. The predicted octanol–water partition coefficient (Wildman–Crippen LogP) is 8.99. The molecule has 276 valence electrons. The van der Waals surface area contributed by atoms with E-state index in [1.165, 1.54) is 102 Å². The van der Waals surface area contributed by atoms with Gasteiger partial charge in [0.05, 0.1) is 27.7 Å². The molecule has 0 heterocycles. The molecule has 0 aromatic heterocycles. The van der Waals surface area contributed by atoms with Crippen LogP contribution in [-0.2, 0) is 32.7 Å². The van der Waals surface area contributed by atoms with Gasteiger partial charge in [0.2, 0.25) is 0 Å². The van der Waals surface area contributed by atoms with Crippen LogP contribution in [0.25, 0.3) is 0 Å². The van der Waals surface area contributed by atoms with Crippen LogP contribution in [-0.4, -0.2) is 70.0 Å². The Labute approximate surface area is 288 Å². The number of phosphoric ester groups is 1. The number of nitrogens with zero attached hydrogens (tertiary/aromatic N) is 1. The molecule has 0 aliphatic heterocycles. The van der Waals surface area contributed by atoms with Crippen LogP contribution in [0, 0.1) is 0 Å². The third-order valence-corrected chi connectivity index (χ3v) is 8.80. The summed E-state index contributed by atoms with van der Waals surface area (Å²) in [6.45, 7) is 4.05. The number of unbranched alkanes of at least 4 members (excludes halogenated alkanes) is 18. The molecule has 0 aromatic carbocycles. The Balaban J connectivity index is 4.55. The zero-order valence-corrected chi connectivity index (χ0v) is 31.6. The van der Waals surface area contributed by atoms with E-state index in [9.17, 15) is 19.0 Å². The molecule has 10 heteroatoms. The van der Waals surface area contributed by atoms with Gasteiger partial charge in [0.1, 0.15) is 19.8 Å². The summed E-state index contributed by atoms with van der Waals surface area (Å²) in [6.07, 6.45) is 30.0. The van der Waals surface area contributed by atoms with E-state index in [1.54, 1.807) is 12.2 Å². The molecule has 0 bridgehead atoms. The van der Waals surface area contributed by atoms with Gasteiger partial charge in [-0.3, -0.25) is 9.36 Å². The second-order valence-electron chi connectivity index (χ2n) is 13.7. The molecule has 0 saturated carbocycles. The number of esters is 2. The van der Waals surface area contributed by atoms with Crippen molar-refractivity contribution in [2.75, 3.05) is 47.5 Å². The van der Waals surface area contributed by atoms with Crippen molar-refractivity contribution in [3.63, 3.8) is 0 Å². The van der Waals surface area contributed by atoms with Gasteiger partial charge in [-0.1, -0.05) is 141 Å². The monoisotopic (exact) mass is 687 g/mol. The SMILES string of the molecule is CCCCCCCCCCCCC/C=C/C=C/C(=O)O[C@H](COC(=O)CCCCCCCCCC)COP(=O)([O-])OCC[N+](C)(C)C. The minimum absolute atomic E-state index is 0.0451. The van der Waals surface area contributed by atoms with E-state index in [4.69, 9.17) is 18.5 Å². The highest BCUT2D eigenvalue weighted by molar-refractivity contribution is 7.45. The number of hydrogen-bond acceptors (Lipinski definition) is 8. The minimum atomic E-state index is -4.63. The van der Waals surface area contributed by atoms with Crippen molar-refractivity contribution in [1.82, 2.24) is 0 Å². The lowest BCUT2D eigenvalue weighted by atomic mass is 10.1. The summed E-state index contributed by atoms with van der Waals surface area (Å²) in [5.41, 5.74) is 0. The van der Waals surface area contributed by atoms with Crippen LogP contribution in [0.2, 0.25) is 0 Å². The Kier molecular flexibility index (Phi) is 29.6. The van der Waals surface area contributed by atoms with E-state index in [0.717, 1.165) is 32.1 Å². The lowest BCUT2D eigenvalue weighted by molar-refractivity contribution is -0.870. The van der Waals surface area contributed by atoms with Gasteiger partial charge in [0, 0.05) is 12.5 Å². The molecule has 0 aliphatic carbocycles. The summed E-state index contributed by atoms with van der Waals surface area (Å²) >= 11 is 0. The number of carbonyl (C=O) groups excluding carboxylic acids is 2. The van der Waals surface area contributed by atoms with Crippen LogP contribution >= 0.6 is 7.82 Å². The van der Waals surface area contributed by atoms with Gasteiger partial charge in [0.15, 0.2) is 6.10 Å². The predicted molar refractivity (Wildman–Crippen MR) is 190 cm³/mol. The molecule has 0 spiro atoms. The van der Waals surface area contributed by atoms with Crippen LogP contribution in [0.15, 0.2) is 24.3 Å². The molecule has 0 radical (unpaired) electrons. The summed E-state index contributed by atoms with van der Waals surface area (Å²) < 4.78 is 33.4. The average molecular weight is 688 g/mol. The Morgan fingerprint density at radius 2 is 1.21 bits per heavy atom. The van der Waals surface area contributed by atoms with Crippen molar-refractivity contribution in [3.05, 3.63) is 24.3 Å². The quantitative estimate of drug-likeness (QED) is 0.0168. The highest BCUT2D eigenvalue weighted by Gasteiger charge is 2.21. The van der Waals surface area contributed by atoms with Crippen LogP contribution in [0.3, 0.4) is 0 Å². The molecule has 1 unspecified atom stereocenters. The molecular formula is C37H70NO8P. The third-order valence-electron chi connectivity index (χ3n) is 7.83. The fourth-order valence-electron chi connectivity index (χ4n) is 4.85. The highest BCUT2D eigenvalue weighted by atomic mass is 31.2. The van der Waals surface area contributed by atoms with Gasteiger partial charge in [-0.25, -0.2) is 4.79 Å². The molecule has 0 aliphatic rings. The van der Waals surface area contributed by atoms with Crippen molar-refractivity contribution < 1.29 is 42.1 Å². The standard InChI is InChI=1S/C37H70NO8P/c1-6-8-10-12-14-16-17-18-19-20-21-22-24-26-28-30-37(40)46-35(34-45-47(41,42)44-32-31-38(3,4)5)33-43-36(39)29-27-25-23-15-13-11-9-7-2/h24,26,28,30,35H,6-23,25,27,29,31-34H2,1-5H3/b26-24+,30-28+/t35-/m1/s1. The van der Waals surface area contributed by atoms with Crippen molar-refractivity contribution in [1.29, 1.82) is 0 Å². The fourth-order valence-corrected chi connectivity index (χ4v) is 5.58. The van der Waals surface area contributed by atoms with E-state index < -0.39 is 32.5 Å². The van der Waals surface area contributed by atoms with Crippen LogP contribution < -0.4 is 4.89 Å². The second kappa shape index (κ2) is 30.5. The van der Waals surface area contributed by atoms with E-state index in [1.807, 2.05) is 27.2 Å². The Morgan fingerprint density at radius 1 is 0.702 bits per heavy atom. The smallest absolute Gasteiger partial charge is 0.331 e. The molecule has 0 amide bonds. The zero-order valence-electron chi connectivity index (χ0n) is 30.7. The van der Waals surface area contributed by atoms with E-state index >= 15 is 0 Å². The van der Waals surface area contributed by atoms with Gasteiger partial charge in [-0.15, -0.1) is 0 Å². The average Bonchev–Trinajstić information content (AvgIpc) is 3.01. The summed E-state index contributed by atoms with van der Waals surface area (Å²) in [5, 5.41) is 0. The Morgan fingerprint density at radius 3 is 1.74 bits per heavy atom. The molecular weight excluding hydrogens is 617 g/mol. The van der Waals surface area contributed by atoms with Gasteiger partial charge in [-0.05, 0) is 19.3 Å². The number of rotatable bonds is 33. The number of phosphoric acid groups is 1. The molecule has 0 rings (SSSR count). The molecule has 0 N–H and O–H groups in total. The molecule has 0 fully saturated rings. The maximum Gasteiger partial charge on any atom is 0.331 e. The van der Waals surface area contributed by atoms with E-state index in [0.29, 0.717) is 11.0 Å². The maximum atomic E-state index is 12.5. The first-order chi connectivity index (χ1) is 22.5. The number of allylic oxidation sites excluding steroid dienone is 3. The van der Waals surface area contributed by atoms with Gasteiger partial charge < -0.3 is 27.9 Å². The lowest BCUT2D eigenvalue weighted by Gasteiger charge is -2.28. The summed E-state index contributed by atoms with van der Waals surface area (Å²) in [7, 11) is 1.11. The number of carbonyl (C=O) groups is 2. The van der Waals surface area contributed by atoms with Crippen molar-refractivity contribution in [3.8, 4) is 0 Å². The normalized spacial score (nSPS) is 14.1. The lowest BCUT2D eigenvalue weighted by Crippen LogP contribution is -2.37. The zero-order chi connectivity index (χ0) is 35.1. The second-order valence-corrected chi connectivity index (χ2v) is 15.1. The number of quaternary nitrogens is 1. The van der Waals surface area contributed by atoms with Crippen molar-refractivity contribution in [2.45, 2.75) is 155 Å². The van der Waals surface area contributed by atoms with Crippen LogP contribution in [0.1, 0.15) is 149 Å². The van der Waals surface area contributed by atoms with E-state index in [2.05, 4.69) is 13.8 Å². The topological polar surface area (TPSA) is 111 Å². The van der Waals surface area contributed by atoms with Gasteiger partial charge in [0.25, 0.3) is 7.82 Å². The van der Waals surface area contributed by atoms with Gasteiger partial charge >= 0.3 is 11.9 Å². The number of likely N-dealkylation sites (N-methyl/N-ethyl adjacent to an activating group) is 1. The number of hydrogen-bond donors (Lipinski definition) is 0. The molecule has 9 nitrogen and oxygen atoms in total. The first kappa shape index (κ1) is 45.5. The van der Waals surface area contributed by atoms with E-state index in [-0.39, 0.29) is 19.6 Å². The van der Waals surface area contributed by atoms with Crippen LogP contribution in [0.4, 0.5) is 0 Å². The Bertz CT molecular complexity index is 871. The first-order valence-electron chi connectivity index (χ1n) is 18.6. The fraction of sp³-hybridized carbons (Fsp3) is 0.838. The summed E-state index contributed by atoms with van der Waals surface area (Å²) in [4.78, 5) is 37.0. The van der Waals surface area contributed by atoms with Crippen LogP contribution in [0.5, 0.6) is 0 Å². The maximum absolute atomic E-state index is 12.5. The van der Waals surface area contributed by atoms with Crippen molar-refractivity contribution in [2.24, 2.45) is 0 Å². The molecule has 47 heavy (non-hydrogen) atoms. The highest BCUT2D eigenvalue weighted by Crippen LogP contribution is 2.38. The van der Waals surface area contributed by atoms with Crippen molar-refractivity contribution >= 4 is 19.8 Å². The molecule has 0 saturated heterocycles.